The Morgan fingerprint density at radius 2 is 2.00 bits per heavy atom. The van der Waals surface area contributed by atoms with Crippen LogP contribution in [0.25, 0.3) is 0 Å². The van der Waals surface area contributed by atoms with Gasteiger partial charge < -0.3 is 4.90 Å². The first-order valence-corrected chi connectivity index (χ1v) is 5.21. The zero-order valence-corrected chi connectivity index (χ0v) is 9.31. The van der Waals surface area contributed by atoms with Crippen LogP contribution in [0.4, 0.5) is 4.39 Å². The molecule has 0 bridgehead atoms. The third-order valence-corrected chi connectivity index (χ3v) is 3.41. The van der Waals surface area contributed by atoms with Crippen molar-refractivity contribution in [3.05, 3.63) is 0 Å². The van der Waals surface area contributed by atoms with Crippen LogP contribution in [0.15, 0.2) is 0 Å². The number of piperidine rings is 1. The van der Waals surface area contributed by atoms with Crippen LogP contribution in [0.5, 0.6) is 0 Å². The van der Waals surface area contributed by atoms with Gasteiger partial charge in [-0.25, -0.2) is 4.39 Å². The number of hydrogen-bond acceptors (Lipinski definition) is 1. The molecule has 78 valence electrons. The van der Waals surface area contributed by atoms with Gasteiger partial charge in [0.25, 0.3) is 0 Å². The molecular formula is C11H22FN. The SMILES string of the molecule is CN1CCC(C(C)(C)C)CC1CF. The zero-order valence-electron chi connectivity index (χ0n) is 9.31. The number of alkyl halides is 1. The molecule has 2 heteroatoms. The van der Waals surface area contributed by atoms with Crippen LogP contribution < -0.4 is 0 Å². The predicted octanol–water partition coefficient (Wildman–Crippen LogP) is 2.71. The van der Waals surface area contributed by atoms with Gasteiger partial charge in [-0.2, -0.15) is 0 Å². The molecule has 0 aromatic heterocycles. The van der Waals surface area contributed by atoms with Gasteiger partial charge in [-0.15, -0.1) is 0 Å². The van der Waals surface area contributed by atoms with Gasteiger partial charge in [0.15, 0.2) is 0 Å². The monoisotopic (exact) mass is 187 g/mol. The van der Waals surface area contributed by atoms with Crippen LogP contribution in [0, 0.1) is 11.3 Å². The van der Waals surface area contributed by atoms with Gasteiger partial charge in [-0.05, 0) is 37.8 Å². The Morgan fingerprint density at radius 1 is 1.38 bits per heavy atom. The maximum Gasteiger partial charge on any atom is 0.105 e. The van der Waals surface area contributed by atoms with Crippen molar-refractivity contribution < 1.29 is 4.39 Å². The fraction of sp³-hybridized carbons (Fsp3) is 1.00. The largest absolute Gasteiger partial charge is 0.301 e. The fourth-order valence-electron chi connectivity index (χ4n) is 2.14. The van der Waals surface area contributed by atoms with E-state index in [-0.39, 0.29) is 12.7 Å². The standard InChI is InChI=1S/C11H22FN/c1-11(2,3)9-5-6-13(4)10(7-9)8-12/h9-10H,5-8H2,1-4H3. The number of hydrogen-bond donors (Lipinski definition) is 0. The second kappa shape index (κ2) is 3.95. The minimum absolute atomic E-state index is 0.165. The summed E-state index contributed by atoms with van der Waals surface area (Å²) in [6.07, 6.45) is 2.24. The van der Waals surface area contributed by atoms with Crippen LogP contribution in [-0.4, -0.2) is 31.2 Å². The fourth-order valence-corrected chi connectivity index (χ4v) is 2.14. The van der Waals surface area contributed by atoms with Crippen LogP contribution in [0.3, 0.4) is 0 Å². The summed E-state index contributed by atoms with van der Waals surface area (Å²) in [5.41, 5.74) is 0.342. The molecule has 1 rings (SSSR count). The van der Waals surface area contributed by atoms with Crippen molar-refractivity contribution in [3.63, 3.8) is 0 Å². The van der Waals surface area contributed by atoms with E-state index in [1.165, 1.54) is 6.42 Å². The molecule has 0 aliphatic carbocycles. The highest BCUT2D eigenvalue weighted by Crippen LogP contribution is 2.36. The van der Waals surface area contributed by atoms with E-state index in [4.69, 9.17) is 0 Å². The van der Waals surface area contributed by atoms with Crippen LogP contribution in [-0.2, 0) is 0 Å². The molecular weight excluding hydrogens is 165 g/mol. The molecule has 2 atom stereocenters. The summed E-state index contributed by atoms with van der Waals surface area (Å²) in [5, 5.41) is 0. The van der Waals surface area contributed by atoms with Crippen molar-refractivity contribution >= 4 is 0 Å². The number of halogens is 1. The highest BCUT2D eigenvalue weighted by molar-refractivity contribution is 4.85. The molecule has 0 amide bonds. The summed E-state index contributed by atoms with van der Waals surface area (Å²) >= 11 is 0. The maximum absolute atomic E-state index is 12.6. The first kappa shape index (κ1) is 11.0. The lowest BCUT2D eigenvalue weighted by molar-refractivity contribution is 0.0668. The Kier molecular flexibility index (Phi) is 3.33. The molecule has 1 fully saturated rings. The van der Waals surface area contributed by atoms with Crippen LogP contribution >= 0.6 is 0 Å². The minimum Gasteiger partial charge on any atom is -0.301 e. The number of nitrogens with zero attached hydrogens (tertiary/aromatic N) is 1. The summed E-state index contributed by atoms with van der Waals surface area (Å²) in [7, 11) is 2.03. The van der Waals surface area contributed by atoms with Crippen LogP contribution in [0.1, 0.15) is 33.6 Å². The molecule has 0 radical (unpaired) electrons. The average Bonchev–Trinajstić information content (AvgIpc) is 2.03. The van der Waals surface area contributed by atoms with E-state index < -0.39 is 0 Å². The van der Waals surface area contributed by atoms with E-state index in [1.807, 2.05) is 7.05 Å². The summed E-state index contributed by atoms with van der Waals surface area (Å²) < 4.78 is 12.6. The summed E-state index contributed by atoms with van der Waals surface area (Å²) in [5.74, 6) is 0.685. The van der Waals surface area contributed by atoms with Gasteiger partial charge >= 0.3 is 0 Å². The van der Waals surface area contributed by atoms with E-state index in [2.05, 4.69) is 25.7 Å². The van der Waals surface area contributed by atoms with Gasteiger partial charge in [-0.1, -0.05) is 20.8 Å². The molecule has 0 aromatic carbocycles. The normalized spacial score (nSPS) is 32.1. The topological polar surface area (TPSA) is 3.24 Å². The number of rotatable bonds is 1. The van der Waals surface area contributed by atoms with E-state index in [0.29, 0.717) is 11.3 Å². The van der Waals surface area contributed by atoms with Crippen molar-refractivity contribution in [1.82, 2.24) is 4.90 Å². The quantitative estimate of drug-likeness (QED) is 0.610. The van der Waals surface area contributed by atoms with E-state index >= 15 is 0 Å². The minimum atomic E-state index is -0.191. The molecule has 0 spiro atoms. The van der Waals surface area contributed by atoms with Crippen LogP contribution in [0.2, 0.25) is 0 Å². The molecule has 13 heavy (non-hydrogen) atoms. The molecule has 1 saturated heterocycles. The number of likely N-dealkylation sites (tertiary alicyclic amines) is 1. The summed E-state index contributed by atoms with van der Waals surface area (Å²) in [4.78, 5) is 2.16. The molecule has 2 unspecified atom stereocenters. The van der Waals surface area contributed by atoms with Crippen molar-refractivity contribution in [2.45, 2.75) is 39.7 Å². The first-order chi connectivity index (χ1) is 5.95. The zero-order chi connectivity index (χ0) is 10.1. The average molecular weight is 187 g/mol. The highest BCUT2D eigenvalue weighted by Gasteiger charge is 2.32. The molecule has 1 aliphatic heterocycles. The summed E-state index contributed by atoms with van der Waals surface area (Å²) in [6.45, 7) is 7.65. The Balaban J connectivity index is 2.55. The molecule has 1 aliphatic rings. The highest BCUT2D eigenvalue weighted by atomic mass is 19.1. The Hall–Kier alpha value is -0.110. The molecule has 1 nitrogen and oxygen atoms in total. The van der Waals surface area contributed by atoms with Crippen molar-refractivity contribution in [2.75, 3.05) is 20.3 Å². The van der Waals surface area contributed by atoms with Crippen molar-refractivity contribution in [3.8, 4) is 0 Å². The Labute approximate surface area is 81.3 Å². The van der Waals surface area contributed by atoms with E-state index in [9.17, 15) is 4.39 Å². The van der Waals surface area contributed by atoms with Gasteiger partial charge in [0, 0.05) is 6.04 Å². The lowest BCUT2D eigenvalue weighted by atomic mass is 9.73. The van der Waals surface area contributed by atoms with Gasteiger partial charge in [0.1, 0.15) is 6.67 Å². The van der Waals surface area contributed by atoms with Gasteiger partial charge in [0.05, 0.1) is 0 Å². The second-order valence-electron chi connectivity index (χ2n) is 5.38. The smallest absolute Gasteiger partial charge is 0.105 e. The lowest BCUT2D eigenvalue weighted by Gasteiger charge is -2.41. The third kappa shape index (κ3) is 2.67. The van der Waals surface area contributed by atoms with Gasteiger partial charge in [0.2, 0.25) is 0 Å². The Morgan fingerprint density at radius 3 is 2.46 bits per heavy atom. The first-order valence-electron chi connectivity index (χ1n) is 5.21. The molecule has 1 heterocycles. The second-order valence-corrected chi connectivity index (χ2v) is 5.38. The molecule has 0 saturated carbocycles. The van der Waals surface area contributed by atoms with Crippen molar-refractivity contribution in [1.29, 1.82) is 0 Å². The van der Waals surface area contributed by atoms with Gasteiger partial charge in [-0.3, -0.25) is 0 Å². The lowest BCUT2D eigenvalue weighted by Crippen LogP contribution is -2.44. The maximum atomic E-state index is 12.6. The Bertz CT molecular complexity index is 162. The summed E-state index contributed by atoms with van der Waals surface area (Å²) in [6, 6.07) is 0.165. The third-order valence-electron chi connectivity index (χ3n) is 3.41. The van der Waals surface area contributed by atoms with Crippen molar-refractivity contribution in [2.24, 2.45) is 11.3 Å². The molecule has 0 N–H and O–H groups in total. The molecule has 0 aromatic rings. The predicted molar refractivity (Wildman–Crippen MR) is 54.6 cm³/mol. The van der Waals surface area contributed by atoms with E-state index in [0.717, 1.165) is 13.0 Å². The van der Waals surface area contributed by atoms with E-state index in [1.54, 1.807) is 0 Å².